The first-order chi connectivity index (χ1) is 7.50. The van der Waals surface area contributed by atoms with Crippen LogP contribution in [0.2, 0.25) is 5.15 Å². The van der Waals surface area contributed by atoms with E-state index in [1.54, 1.807) is 0 Å². The summed E-state index contributed by atoms with van der Waals surface area (Å²) in [5, 5.41) is 0.249. The second-order valence-corrected chi connectivity index (χ2v) is 4.99. The van der Waals surface area contributed by atoms with E-state index < -0.39 is 0 Å². The minimum atomic E-state index is -0.322. The van der Waals surface area contributed by atoms with Crippen LogP contribution in [-0.4, -0.2) is 9.13 Å². The van der Waals surface area contributed by atoms with Crippen molar-refractivity contribution in [2.75, 3.05) is 0 Å². The third-order valence-electron chi connectivity index (χ3n) is 2.83. The Bertz CT molecular complexity index is 512. The molecule has 1 heterocycles. The van der Waals surface area contributed by atoms with Crippen molar-refractivity contribution < 1.29 is 0 Å². The van der Waals surface area contributed by atoms with Gasteiger partial charge < -0.3 is 0 Å². The first-order valence-corrected chi connectivity index (χ1v) is 5.90. The highest BCUT2D eigenvalue weighted by molar-refractivity contribution is 6.29. The van der Waals surface area contributed by atoms with Crippen molar-refractivity contribution >= 4 is 11.6 Å². The van der Waals surface area contributed by atoms with Gasteiger partial charge in [-0.15, -0.1) is 0 Å². The van der Waals surface area contributed by atoms with Crippen molar-refractivity contribution in [2.24, 2.45) is 5.92 Å². The fourth-order valence-electron chi connectivity index (χ4n) is 1.76. The molecule has 2 rings (SSSR count). The zero-order valence-corrected chi connectivity index (χ0v) is 10.2. The highest BCUT2D eigenvalue weighted by atomic mass is 35.5. The maximum atomic E-state index is 12.1. The molecule has 0 radical (unpaired) electrons. The summed E-state index contributed by atoms with van der Waals surface area (Å²) in [5.41, 5.74) is -0.614. The van der Waals surface area contributed by atoms with E-state index in [2.05, 4.69) is 0 Å². The zero-order valence-electron chi connectivity index (χ0n) is 9.44. The molecule has 0 aliphatic heterocycles. The standard InChI is InChI=1S/C11H15ClN2O2/c1-7(2)14-10(15)5-9(12)13(11(14)16)6-8-3-4-8/h5,7-8H,3-4,6H2,1-2H3. The minimum absolute atomic E-state index is 0.136. The lowest BCUT2D eigenvalue weighted by molar-refractivity contribution is 0.488. The average Bonchev–Trinajstić information content (AvgIpc) is 2.94. The molecular formula is C11H15ClN2O2. The molecule has 1 aromatic rings. The van der Waals surface area contributed by atoms with Gasteiger partial charge in [0, 0.05) is 18.7 Å². The van der Waals surface area contributed by atoms with E-state index >= 15 is 0 Å². The molecule has 1 aromatic heterocycles. The van der Waals surface area contributed by atoms with E-state index in [1.807, 2.05) is 13.8 Å². The van der Waals surface area contributed by atoms with Crippen molar-refractivity contribution in [1.82, 2.24) is 9.13 Å². The Morgan fingerprint density at radius 3 is 2.56 bits per heavy atom. The maximum Gasteiger partial charge on any atom is 0.332 e. The van der Waals surface area contributed by atoms with Crippen LogP contribution in [-0.2, 0) is 6.54 Å². The van der Waals surface area contributed by atoms with Gasteiger partial charge >= 0.3 is 5.69 Å². The van der Waals surface area contributed by atoms with Gasteiger partial charge in [0.1, 0.15) is 5.15 Å². The van der Waals surface area contributed by atoms with E-state index in [9.17, 15) is 9.59 Å². The van der Waals surface area contributed by atoms with Crippen LogP contribution >= 0.6 is 11.6 Å². The zero-order chi connectivity index (χ0) is 11.9. The first kappa shape index (κ1) is 11.5. The summed E-state index contributed by atoms with van der Waals surface area (Å²) in [6.07, 6.45) is 2.28. The Labute approximate surface area is 98.5 Å². The summed E-state index contributed by atoms with van der Waals surface area (Å²) in [7, 11) is 0. The largest absolute Gasteiger partial charge is 0.332 e. The van der Waals surface area contributed by atoms with Crippen molar-refractivity contribution in [1.29, 1.82) is 0 Å². The summed E-state index contributed by atoms with van der Waals surface area (Å²) in [6, 6.07) is 1.19. The summed E-state index contributed by atoms with van der Waals surface area (Å²) in [5.74, 6) is 0.549. The van der Waals surface area contributed by atoms with Crippen LogP contribution in [0.25, 0.3) is 0 Å². The monoisotopic (exact) mass is 242 g/mol. The van der Waals surface area contributed by atoms with E-state index in [4.69, 9.17) is 11.6 Å². The number of nitrogens with zero attached hydrogens (tertiary/aromatic N) is 2. The molecular weight excluding hydrogens is 228 g/mol. The average molecular weight is 243 g/mol. The number of hydrogen-bond donors (Lipinski definition) is 0. The Morgan fingerprint density at radius 2 is 2.06 bits per heavy atom. The van der Waals surface area contributed by atoms with Gasteiger partial charge in [0.25, 0.3) is 5.56 Å². The van der Waals surface area contributed by atoms with Crippen LogP contribution in [0.3, 0.4) is 0 Å². The SMILES string of the molecule is CC(C)n1c(=O)cc(Cl)n(CC2CC2)c1=O. The molecule has 0 N–H and O–H groups in total. The van der Waals surface area contributed by atoms with Crippen molar-refractivity contribution in [2.45, 2.75) is 39.3 Å². The lowest BCUT2D eigenvalue weighted by Crippen LogP contribution is -2.41. The van der Waals surface area contributed by atoms with Crippen LogP contribution in [0.1, 0.15) is 32.7 Å². The van der Waals surface area contributed by atoms with Crippen molar-refractivity contribution in [3.63, 3.8) is 0 Å². The normalized spacial score (nSPS) is 15.8. The highest BCUT2D eigenvalue weighted by Crippen LogP contribution is 2.30. The maximum absolute atomic E-state index is 12.1. The third kappa shape index (κ3) is 2.07. The van der Waals surface area contributed by atoms with Gasteiger partial charge in [-0.1, -0.05) is 11.6 Å². The number of aromatic nitrogens is 2. The summed E-state index contributed by atoms with van der Waals surface area (Å²) in [4.78, 5) is 23.7. The Morgan fingerprint density at radius 1 is 1.44 bits per heavy atom. The smallest absolute Gasteiger partial charge is 0.283 e. The van der Waals surface area contributed by atoms with Crippen LogP contribution < -0.4 is 11.2 Å². The molecule has 1 aliphatic rings. The van der Waals surface area contributed by atoms with Crippen molar-refractivity contribution in [3.05, 3.63) is 32.1 Å². The molecule has 88 valence electrons. The molecule has 0 atom stereocenters. The van der Waals surface area contributed by atoms with Crippen LogP contribution in [0.4, 0.5) is 0 Å². The quantitative estimate of drug-likeness (QED) is 0.757. The molecule has 1 saturated carbocycles. The molecule has 0 bridgehead atoms. The minimum Gasteiger partial charge on any atom is -0.283 e. The Kier molecular flexibility index (Phi) is 2.93. The molecule has 16 heavy (non-hydrogen) atoms. The summed E-state index contributed by atoms with van der Waals surface area (Å²) < 4.78 is 2.74. The fraction of sp³-hybridized carbons (Fsp3) is 0.636. The van der Waals surface area contributed by atoms with Gasteiger partial charge in [0.05, 0.1) is 0 Å². The number of rotatable bonds is 3. The molecule has 1 fully saturated rings. The van der Waals surface area contributed by atoms with E-state index in [1.165, 1.54) is 15.2 Å². The van der Waals surface area contributed by atoms with Gasteiger partial charge in [0.2, 0.25) is 0 Å². The Balaban J connectivity index is 2.55. The molecule has 5 heteroatoms. The predicted octanol–water partition coefficient (Wildman–Crippen LogP) is 1.65. The van der Waals surface area contributed by atoms with Gasteiger partial charge in [-0.2, -0.15) is 0 Å². The van der Waals surface area contributed by atoms with Crippen LogP contribution in [0, 0.1) is 5.92 Å². The van der Waals surface area contributed by atoms with Gasteiger partial charge in [-0.05, 0) is 32.6 Å². The highest BCUT2D eigenvalue weighted by Gasteiger charge is 2.24. The van der Waals surface area contributed by atoms with E-state index in [-0.39, 0.29) is 22.4 Å². The van der Waals surface area contributed by atoms with Crippen LogP contribution in [0.15, 0.2) is 15.7 Å². The van der Waals surface area contributed by atoms with Crippen LogP contribution in [0.5, 0.6) is 0 Å². The van der Waals surface area contributed by atoms with Crippen molar-refractivity contribution in [3.8, 4) is 0 Å². The molecule has 0 spiro atoms. The van der Waals surface area contributed by atoms with E-state index in [0.29, 0.717) is 12.5 Å². The van der Waals surface area contributed by atoms with Gasteiger partial charge in [-0.3, -0.25) is 13.9 Å². The van der Waals surface area contributed by atoms with E-state index in [0.717, 1.165) is 12.8 Å². The summed E-state index contributed by atoms with van der Waals surface area (Å²) >= 11 is 5.93. The third-order valence-corrected chi connectivity index (χ3v) is 3.14. The number of hydrogen-bond acceptors (Lipinski definition) is 2. The molecule has 0 saturated heterocycles. The van der Waals surface area contributed by atoms with Gasteiger partial charge in [0.15, 0.2) is 0 Å². The number of halogens is 1. The molecule has 4 nitrogen and oxygen atoms in total. The lowest BCUT2D eigenvalue weighted by atomic mass is 10.3. The predicted molar refractivity (Wildman–Crippen MR) is 63.1 cm³/mol. The second-order valence-electron chi connectivity index (χ2n) is 4.61. The first-order valence-electron chi connectivity index (χ1n) is 5.52. The molecule has 1 aliphatic carbocycles. The molecule has 0 unspecified atom stereocenters. The lowest BCUT2D eigenvalue weighted by Gasteiger charge is -2.13. The summed E-state index contributed by atoms with van der Waals surface area (Å²) in [6.45, 7) is 4.26. The Hall–Kier alpha value is -1.03. The van der Waals surface area contributed by atoms with Gasteiger partial charge in [-0.25, -0.2) is 4.79 Å². The molecule has 0 aromatic carbocycles. The topological polar surface area (TPSA) is 44.0 Å². The molecule has 0 amide bonds. The second kappa shape index (κ2) is 4.09. The fourth-order valence-corrected chi connectivity index (χ4v) is 2.00.